The first-order valence-corrected chi connectivity index (χ1v) is 8.94. The third-order valence-electron chi connectivity index (χ3n) is 4.32. The summed E-state index contributed by atoms with van der Waals surface area (Å²) in [7, 11) is 0. The van der Waals surface area contributed by atoms with Crippen LogP contribution in [0.2, 0.25) is 0 Å². The summed E-state index contributed by atoms with van der Waals surface area (Å²) in [5.41, 5.74) is 4.82. The lowest BCUT2D eigenvalue weighted by Crippen LogP contribution is -1.97. The van der Waals surface area contributed by atoms with Gasteiger partial charge >= 0.3 is 0 Å². The quantitative estimate of drug-likeness (QED) is 0.216. The Hall–Kier alpha value is -1.89. The molecule has 0 aromatic carbocycles. The van der Waals surface area contributed by atoms with Crippen LogP contribution < -0.4 is 0 Å². The Morgan fingerprint density at radius 1 is 0.958 bits per heavy atom. The summed E-state index contributed by atoms with van der Waals surface area (Å²) in [6.45, 7) is 27.1. The highest BCUT2D eigenvalue weighted by Gasteiger charge is 2.04. The molecule has 0 amide bonds. The fraction of sp³-hybridized carbons (Fsp3) is 0.435. The summed E-state index contributed by atoms with van der Waals surface area (Å²) < 4.78 is 0. The first-order chi connectivity index (χ1) is 11.3. The maximum atomic E-state index is 4.44. The minimum absolute atomic E-state index is 0.269. The van der Waals surface area contributed by atoms with Crippen LogP contribution in [0.5, 0.6) is 0 Å². The number of rotatable bonds is 11. The first kappa shape index (κ1) is 22.1. The van der Waals surface area contributed by atoms with Gasteiger partial charge in [0.2, 0.25) is 0 Å². The monoisotopic (exact) mass is 325 g/mol. The third-order valence-corrected chi connectivity index (χ3v) is 4.32. The van der Waals surface area contributed by atoms with Crippen molar-refractivity contribution in [3.8, 4) is 0 Å². The van der Waals surface area contributed by atoms with E-state index in [2.05, 4.69) is 78.1 Å². The molecule has 0 fully saturated rings. The Labute approximate surface area is 150 Å². The SMILES string of the molecule is C=C(/C=C(/CC)C(=C)CC)C(=C)N=CC(=C)C(C)/C=C\C(C)CC. The van der Waals surface area contributed by atoms with Gasteiger partial charge in [0.25, 0.3) is 0 Å². The molecule has 0 bridgehead atoms. The number of hydrogen-bond acceptors (Lipinski definition) is 1. The summed E-state index contributed by atoms with van der Waals surface area (Å²) in [5.74, 6) is 0.863. The number of hydrogen-bond donors (Lipinski definition) is 0. The van der Waals surface area contributed by atoms with Crippen LogP contribution in [-0.2, 0) is 0 Å². The highest BCUT2D eigenvalue weighted by molar-refractivity contribution is 5.80. The molecule has 0 radical (unpaired) electrons. The lowest BCUT2D eigenvalue weighted by molar-refractivity contribution is 0.690. The summed E-state index contributed by atoms with van der Waals surface area (Å²) in [6.07, 6.45) is 11.3. The van der Waals surface area contributed by atoms with Crippen molar-refractivity contribution in [1.82, 2.24) is 0 Å². The maximum Gasteiger partial charge on any atom is 0.0624 e. The van der Waals surface area contributed by atoms with Gasteiger partial charge in [-0.05, 0) is 47.5 Å². The Morgan fingerprint density at radius 3 is 2.08 bits per heavy atom. The minimum atomic E-state index is 0.269. The van der Waals surface area contributed by atoms with E-state index in [1.165, 1.54) is 5.57 Å². The van der Waals surface area contributed by atoms with Crippen LogP contribution in [0.15, 0.2) is 77.5 Å². The Balaban J connectivity index is 4.85. The Bertz CT molecular complexity index is 555. The molecule has 2 unspecified atom stereocenters. The second-order valence-corrected chi connectivity index (χ2v) is 6.34. The van der Waals surface area contributed by atoms with Crippen LogP contribution in [0.1, 0.15) is 53.9 Å². The van der Waals surface area contributed by atoms with Crippen molar-refractivity contribution in [3.05, 3.63) is 72.5 Å². The average Bonchev–Trinajstić information content (AvgIpc) is 2.60. The molecule has 0 saturated heterocycles. The zero-order valence-electron chi connectivity index (χ0n) is 16.4. The molecule has 0 rings (SSSR count). The molecule has 1 nitrogen and oxygen atoms in total. The largest absolute Gasteiger partial charge is 0.257 e. The van der Waals surface area contributed by atoms with E-state index in [4.69, 9.17) is 0 Å². The minimum Gasteiger partial charge on any atom is -0.257 e. The normalized spacial score (nSPS) is 14.8. The van der Waals surface area contributed by atoms with Crippen molar-refractivity contribution in [1.29, 1.82) is 0 Å². The van der Waals surface area contributed by atoms with E-state index in [9.17, 15) is 0 Å². The van der Waals surface area contributed by atoms with Crippen molar-refractivity contribution in [3.63, 3.8) is 0 Å². The summed E-state index contributed by atoms with van der Waals surface area (Å²) in [4.78, 5) is 4.44. The van der Waals surface area contributed by atoms with Crippen LogP contribution in [0.3, 0.4) is 0 Å². The highest BCUT2D eigenvalue weighted by atomic mass is 14.7. The van der Waals surface area contributed by atoms with Crippen LogP contribution in [0, 0.1) is 11.8 Å². The molecule has 0 heterocycles. The summed E-state index contributed by atoms with van der Waals surface area (Å²) in [6, 6.07) is 0. The highest BCUT2D eigenvalue weighted by Crippen LogP contribution is 2.20. The van der Waals surface area contributed by atoms with E-state index in [-0.39, 0.29) is 5.92 Å². The standard InChI is InChI=1S/C23H35N/c1-10-17(4)13-14-19(6)21(8)16-24-22(9)20(7)15-23(12-3)18(5)11-2/h13-17,19H,5,7-12H2,1-4,6H3/b14-13-,23-15-,24-16?. The molecule has 0 N–H and O–H groups in total. The van der Waals surface area contributed by atoms with Gasteiger partial charge in [-0.3, -0.25) is 4.99 Å². The van der Waals surface area contributed by atoms with Gasteiger partial charge in [0.05, 0.1) is 5.70 Å². The van der Waals surface area contributed by atoms with Crippen molar-refractivity contribution >= 4 is 6.21 Å². The molecule has 0 aliphatic carbocycles. The second kappa shape index (κ2) is 11.6. The van der Waals surface area contributed by atoms with E-state index >= 15 is 0 Å². The first-order valence-electron chi connectivity index (χ1n) is 8.94. The van der Waals surface area contributed by atoms with Gasteiger partial charge < -0.3 is 0 Å². The molecule has 1 heteroatoms. The van der Waals surface area contributed by atoms with Crippen molar-refractivity contribution in [2.24, 2.45) is 16.8 Å². The Kier molecular flexibility index (Phi) is 10.7. The molecule has 0 saturated carbocycles. The molecule has 0 spiro atoms. The fourth-order valence-electron chi connectivity index (χ4n) is 1.95. The van der Waals surface area contributed by atoms with Gasteiger partial charge in [0.15, 0.2) is 0 Å². The third kappa shape index (κ3) is 8.10. The van der Waals surface area contributed by atoms with Crippen LogP contribution in [0.25, 0.3) is 0 Å². The zero-order valence-corrected chi connectivity index (χ0v) is 16.4. The molecular formula is C23H35N. The summed E-state index contributed by atoms with van der Waals surface area (Å²) in [5, 5.41) is 0. The fourth-order valence-corrected chi connectivity index (χ4v) is 1.95. The van der Waals surface area contributed by atoms with Crippen molar-refractivity contribution in [2.45, 2.75) is 53.9 Å². The molecule has 132 valence electrons. The smallest absolute Gasteiger partial charge is 0.0624 e. The van der Waals surface area contributed by atoms with E-state index in [0.717, 1.165) is 36.0 Å². The van der Waals surface area contributed by atoms with Gasteiger partial charge in [0, 0.05) is 6.21 Å². The van der Waals surface area contributed by atoms with Crippen molar-refractivity contribution in [2.75, 3.05) is 0 Å². The molecular weight excluding hydrogens is 290 g/mol. The number of allylic oxidation sites excluding steroid dienone is 6. The molecule has 0 aromatic heterocycles. The maximum absolute atomic E-state index is 4.44. The lowest BCUT2D eigenvalue weighted by Gasteiger charge is -2.09. The van der Waals surface area contributed by atoms with Gasteiger partial charge in [-0.1, -0.05) is 85.1 Å². The predicted molar refractivity (Wildman–Crippen MR) is 111 cm³/mol. The van der Waals surface area contributed by atoms with E-state index < -0.39 is 0 Å². The topological polar surface area (TPSA) is 12.4 Å². The summed E-state index contributed by atoms with van der Waals surface area (Å²) >= 11 is 0. The average molecular weight is 326 g/mol. The molecule has 0 aliphatic heterocycles. The second-order valence-electron chi connectivity index (χ2n) is 6.34. The number of nitrogens with zero attached hydrogens (tertiary/aromatic N) is 1. The van der Waals surface area contributed by atoms with Gasteiger partial charge in [0.1, 0.15) is 0 Å². The molecule has 0 aliphatic rings. The van der Waals surface area contributed by atoms with Crippen molar-refractivity contribution < 1.29 is 0 Å². The molecule has 2 atom stereocenters. The zero-order chi connectivity index (χ0) is 18.7. The van der Waals surface area contributed by atoms with Crippen LogP contribution in [-0.4, -0.2) is 6.21 Å². The lowest BCUT2D eigenvalue weighted by atomic mass is 9.99. The van der Waals surface area contributed by atoms with Crippen LogP contribution >= 0.6 is 0 Å². The van der Waals surface area contributed by atoms with E-state index in [0.29, 0.717) is 11.6 Å². The van der Waals surface area contributed by atoms with Gasteiger partial charge in [-0.15, -0.1) is 0 Å². The van der Waals surface area contributed by atoms with E-state index in [1.54, 1.807) is 6.21 Å². The van der Waals surface area contributed by atoms with E-state index in [1.807, 2.05) is 6.08 Å². The molecule has 0 aromatic rings. The number of aliphatic imine (C=N–C) groups is 1. The Morgan fingerprint density at radius 2 is 1.58 bits per heavy atom. The van der Waals surface area contributed by atoms with Gasteiger partial charge in [-0.25, -0.2) is 0 Å². The van der Waals surface area contributed by atoms with Gasteiger partial charge in [-0.2, -0.15) is 0 Å². The molecule has 24 heavy (non-hydrogen) atoms. The van der Waals surface area contributed by atoms with Crippen LogP contribution in [0.4, 0.5) is 0 Å². The predicted octanol–water partition coefficient (Wildman–Crippen LogP) is 7.22.